The first-order chi connectivity index (χ1) is 12.0. The van der Waals surface area contributed by atoms with Crippen LogP contribution in [0.25, 0.3) is 22.3 Å². The molecular formula is C21H22FNO2. The van der Waals surface area contributed by atoms with Crippen LogP contribution in [-0.2, 0) is 0 Å². The number of carbonyl (C=O) groups is 1. The molecule has 130 valence electrons. The van der Waals surface area contributed by atoms with Crippen LogP contribution in [-0.4, -0.2) is 13.0 Å². The van der Waals surface area contributed by atoms with Crippen molar-refractivity contribution in [2.45, 2.75) is 33.1 Å². The molecule has 1 aromatic heterocycles. The van der Waals surface area contributed by atoms with E-state index in [1.54, 1.807) is 19.2 Å². The van der Waals surface area contributed by atoms with Crippen molar-refractivity contribution in [2.75, 3.05) is 7.05 Å². The smallest absolute Gasteiger partial charge is 0.255 e. The molecule has 0 spiro atoms. The van der Waals surface area contributed by atoms with E-state index in [1.807, 2.05) is 12.1 Å². The summed E-state index contributed by atoms with van der Waals surface area (Å²) >= 11 is 0. The Morgan fingerprint density at radius 3 is 2.52 bits per heavy atom. The Morgan fingerprint density at radius 1 is 1.24 bits per heavy atom. The zero-order valence-corrected chi connectivity index (χ0v) is 14.9. The number of amides is 1. The fourth-order valence-electron chi connectivity index (χ4n) is 3.17. The molecule has 1 unspecified atom stereocenters. The number of carbonyl (C=O) groups excluding carboxylic acids is 1. The Balaban J connectivity index is 2.29. The van der Waals surface area contributed by atoms with Crippen molar-refractivity contribution in [1.82, 2.24) is 5.32 Å². The zero-order valence-electron chi connectivity index (χ0n) is 14.9. The van der Waals surface area contributed by atoms with Gasteiger partial charge in [-0.1, -0.05) is 13.8 Å². The molecule has 1 N–H and O–H groups in total. The maximum Gasteiger partial charge on any atom is 0.255 e. The van der Waals surface area contributed by atoms with Crippen molar-refractivity contribution in [3.63, 3.8) is 0 Å². The van der Waals surface area contributed by atoms with Crippen LogP contribution in [0.1, 0.15) is 47.7 Å². The first-order valence-electron chi connectivity index (χ1n) is 8.51. The molecule has 0 bridgehead atoms. The highest BCUT2D eigenvalue weighted by atomic mass is 19.1. The summed E-state index contributed by atoms with van der Waals surface area (Å²) in [4.78, 5) is 12.5. The van der Waals surface area contributed by atoms with Gasteiger partial charge in [-0.15, -0.1) is 0 Å². The third-order valence-corrected chi connectivity index (χ3v) is 4.78. The summed E-state index contributed by atoms with van der Waals surface area (Å²) < 4.78 is 19.3. The maximum atomic E-state index is 13.3. The molecule has 0 aliphatic heterocycles. The second-order valence-electron chi connectivity index (χ2n) is 6.41. The van der Waals surface area contributed by atoms with E-state index in [2.05, 4.69) is 26.1 Å². The van der Waals surface area contributed by atoms with Crippen LogP contribution in [0.3, 0.4) is 0 Å². The van der Waals surface area contributed by atoms with Gasteiger partial charge < -0.3 is 9.73 Å². The third kappa shape index (κ3) is 3.04. The number of fused-ring (bicyclic) bond motifs is 1. The topological polar surface area (TPSA) is 42.2 Å². The van der Waals surface area contributed by atoms with Gasteiger partial charge in [-0.2, -0.15) is 0 Å². The lowest BCUT2D eigenvalue weighted by Crippen LogP contribution is -2.18. The average Bonchev–Trinajstić information content (AvgIpc) is 2.98. The van der Waals surface area contributed by atoms with E-state index in [-0.39, 0.29) is 11.7 Å². The van der Waals surface area contributed by atoms with E-state index < -0.39 is 0 Å². The predicted molar refractivity (Wildman–Crippen MR) is 98.4 cm³/mol. The van der Waals surface area contributed by atoms with E-state index in [0.29, 0.717) is 28.4 Å². The Bertz CT molecular complexity index is 925. The highest BCUT2D eigenvalue weighted by molar-refractivity contribution is 6.11. The molecule has 4 heteroatoms. The van der Waals surface area contributed by atoms with Crippen molar-refractivity contribution in [3.05, 3.63) is 58.9 Å². The number of hydrogen-bond acceptors (Lipinski definition) is 2. The molecule has 0 fully saturated rings. The van der Waals surface area contributed by atoms with Gasteiger partial charge in [0.1, 0.15) is 17.2 Å². The summed E-state index contributed by atoms with van der Waals surface area (Å²) in [6.45, 7) is 6.38. The van der Waals surface area contributed by atoms with Crippen molar-refractivity contribution < 1.29 is 13.6 Å². The number of furan rings is 1. The number of aryl methyl sites for hydroxylation is 1. The Kier molecular flexibility index (Phi) is 4.62. The van der Waals surface area contributed by atoms with Crippen molar-refractivity contribution >= 4 is 16.9 Å². The quantitative estimate of drug-likeness (QED) is 0.689. The molecule has 25 heavy (non-hydrogen) atoms. The highest BCUT2D eigenvalue weighted by Gasteiger charge is 2.23. The molecule has 1 amide bonds. The lowest BCUT2D eigenvalue weighted by atomic mass is 9.92. The van der Waals surface area contributed by atoms with Crippen LogP contribution in [0.15, 0.2) is 40.8 Å². The second kappa shape index (κ2) is 6.71. The molecule has 2 aromatic carbocycles. The molecule has 3 aromatic rings. The minimum absolute atomic E-state index is 0.214. The first-order valence-corrected chi connectivity index (χ1v) is 8.51. The molecule has 0 saturated heterocycles. The van der Waals surface area contributed by atoms with Gasteiger partial charge in [0, 0.05) is 18.0 Å². The predicted octanol–water partition coefficient (Wildman–Crippen LogP) is 5.42. The van der Waals surface area contributed by atoms with Gasteiger partial charge >= 0.3 is 0 Å². The first kappa shape index (κ1) is 17.2. The van der Waals surface area contributed by atoms with Gasteiger partial charge in [-0.05, 0) is 66.8 Å². The van der Waals surface area contributed by atoms with Crippen LogP contribution in [0, 0.1) is 12.7 Å². The van der Waals surface area contributed by atoms with Crippen LogP contribution >= 0.6 is 0 Å². The summed E-state index contributed by atoms with van der Waals surface area (Å²) in [6, 6.07) is 10.0. The van der Waals surface area contributed by atoms with Gasteiger partial charge in [-0.25, -0.2) is 4.39 Å². The summed E-state index contributed by atoms with van der Waals surface area (Å²) in [7, 11) is 1.59. The SMILES string of the molecule is CCC(C)c1cc2oc(-c3ccc(F)cc3)c(C(=O)NC)c2cc1C. The highest BCUT2D eigenvalue weighted by Crippen LogP contribution is 2.37. The molecule has 0 radical (unpaired) electrons. The van der Waals surface area contributed by atoms with Crippen LogP contribution in [0.4, 0.5) is 4.39 Å². The number of halogens is 1. The second-order valence-corrected chi connectivity index (χ2v) is 6.41. The van der Waals surface area contributed by atoms with E-state index in [9.17, 15) is 9.18 Å². The van der Waals surface area contributed by atoms with Crippen molar-refractivity contribution in [1.29, 1.82) is 0 Å². The number of hydrogen-bond donors (Lipinski definition) is 1. The lowest BCUT2D eigenvalue weighted by Gasteiger charge is -2.12. The Hall–Kier alpha value is -2.62. The minimum atomic E-state index is -0.323. The molecular weight excluding hydrogens is 317 g/mol. The van der Waals surface area contributed by atoms with Crippen LogP contribution < -0.4 is 5.32 Å². The van der Waals surface area contributed by atoms with Gasteiger partial charge in [0.25, 0.3) is 5.91 Å². The maximum absolute atomic E-state index is 13.3. The zero-order chi connectivity index (χ0) is 18.1. The van der Waals surface area contributed by atoms with Gasteiger partial charge in [0.05, 0.1) is 5.56 Å². The minimum Gasteiger partial charge on any atom is -0.455 e. The Morgan fingerprint density at radius 2 is 1.92 bits per heavy atom. The average molecular weight is 339 g/mol. The van der Waals surface area contributed by atoms with E-state index >= 15 is 0 Å². The van der Waals surface area contributed by atoms with Gasteiger partial charge in [-0.3, -0.25) is 4.79 Å². The fourth-order valence-corrected chi connectivity index (χ4v) is 3.17. The van der Waals surface area contributed by atoms with E-state index in [0.717, 1.165) is 17.4 Å². The van der Waals surface area contributed by atoms with Gasteiger partial charge in [0.2, 0.25) is 0 Å². The normalized spacial score (nSPS) is 12.4. The molecule has 1 atom stereocenters. The monoisotopic (exact) mass is 339 g/mol. The molecule has 3 rings (SSSR count). The summed E-state index contributed by atoms with van der Waals surface area (Å²) in [5, 5.41) is 3.46. The summed E-state index contributed by atoms with van der Waals surface area (Å²) in [5.41, 5.74) is 4.21. The van der Waals surface area contributed by atoms with Gasteiger partial charge in [0.15, 0.2) is 0 Å². The molecule has 0 saturated carbocycles. The molecule has 0 aliphatic rings. The molecule has 3 nitrogen and oxygen atoms in total. The Labute approximate surface area is 146 Å². The number of rotatable bonds is 4. The van der Waals surface area contributed by atoms with Crippen molar-refractivity contribution in [2.24, 2.45) is 0 Å². The standard InChI is InChI=1S/C21H22FNO2/c1-5-12(2)16-11-18-17(10-13(16)3)19(21(24)23-4)20(25-18)14-6-8-15(22)9-7-14/h6-12H,5H2,1-4H3,(H,23,24). The number of nitrogens with one attached hydrogen (secondary N) is 1. The summed E-state index contributed by atoms with van der Waals surface area (Å²) in [5.74, 6) is 0.340. The third-order valence-electron chi connectivity index (χ3n) is 4.78. The fraction of sp³-hybridized carbons (Fsp3) is 0.286. The largest absolute Gasteiger partial charge is 0.455 e. The molecule has 0 aliphatic carbocycles. The van der Waals surface area contributed by atoms with Crippen LogP contribution in [0.5, 0.6) is 0 Å². The van der Waals surface area contributed by atoms with Crippen molar-refractivity contribution in [3.8, 4) is 11.3 Å². The summed E-state index contributed by atoms with van der Waals surface area (Å²) in [6.07, 6.45) is 1.03. The van der Waals surface area contributed by atoms with E-state index in [4.69, 9.17) is 4.42 Å². The molecule has 1 heterocycles. The lowest BCUT2D eigenvalue weighted by molar-refractivity contribution is 0.0964. The van der Waals surface area contributed by atoms with E-state index in [1.165, 1.54) is 17.7 Å². The number of benzene rings is 2. The van der Waals surface area contributed by atoms with Crippen LogP contribution in [0.2, 0.25) is 0 Å².